The van der Waals surface area contributed by atoms with Gasteiger partial charge < -0.3 is 24.7 Å². The minimum absolute atomic E-state index is 0.0308. The van der Waals surface area contributed by atoms with Crippen molar-refractivity contribution in [1.82, 2.24) is 14.5 Å². The smallest absolute Gasteiger partial charge is 0.410 e. The zero-order chi connectivity index (χ0) is 26.9. The molecule has 3 N–H and O–H groups in total. The molecule has 36 heavy (non-hydrogen) atoms. The number of β-lactam (4-membered cyclic amide) rings is 1. The fourth-order valence-electron chi connectivity index (χ4n) is 4.98. The molecule has 200 valence electrons. The van der Waals surface area contributed by atoms with E-state index in [1.54, 1.807) is 13.0 Å². The SMILES string of the molecule is C=CCOC(=O)N1C[C@@H](SC2=C(C(=O)O)N3C(=O)[C@H]([C@@H](C)O)[C@H]3[C@H]2C)C[C@H]1/C=C(\C)CNS(C)(=O)=O. The Morgan fingerprint density at radius 2 is 2.06 bits per heavy atom. The van der Waals surface area contributed by atoms with Crippen molar-refractivity contribution in [2.45, 2.75) is 50.6 Å². The number of fused-ring (bicyclic) bond motifs is 1. The number of rotatable bonds is 10. The minimum atomic E-state index is -3.38. The van der Waals surface area contributed by atoms with Gasteiger partial charge in [-0.2, -0.15) is 0 Å². The standard InChI is InChI=1S/C23H33N3O8S2/c1-6-7-34-23(31)25-11-16(9-15(25)8-12(2)10-24-36(5,32)33)35-20-13(3)18-17(14(4)27)21(28)26(18)19(20)22(29)30/h6,8,13-18,24,27H,1,7,9-11H2,2-5H3,(H,29,30)/b12-8+/t13-,14-,15-,16+,17-,18-/m1/s1. The van der Waals surface area contributed by atoms with Crippen LogP contribution in [0.25, 0.3) is 0 Å². The number of hydrogen-bond acceptors (Lipinski definition) is 8. The summed E-state index contributed by atoms with van der Waals surface area (Å²) in [5.74, 6) is -2.54. The largest absolute Gasteiger partial charge is 0.477 e. The molecule has 0 aromatic heterocycles. The van der Waals surface area contributed by atoms with Gasteiger partial charge in [0.05, 0.1) is 30.4 Å². The lowest BCUT2D eigenvalue weighted by Gasteiger charge is -2.46. The highest BCUT2D eigenvalue weighted by Gasteiger charge is 2.60. The third-order valence-electron chi connectivity index (χ3n) is 6.56. The van der Waals surface area contributed by atoms with Crippen molar-refractivity contribution in [1.29, 1.82) is 0 Å². The van der Waals surface area contributed by atoms with Gasteiger partial charge in [-0.25, -0.2) is 22.7 Å². The summed E-state index contributed by atoms with van der Waals surface area (Å²) < 4.78 is 30.5. The number of thioether (sulfide) groups is 1. The van der Waals surface area contributed by atoms with Crippen LogP contribution >= 0.6 is 11.8 Å². The Morgan fingerprint density at radius 1 is 1.39 bits per heavy atom. The van der Waals surface area contributed by atoms with Crippen LogP contribution in [0.15, 0.2) is 34.9 Å². The Kier molecular flexibility index (Phi) is 8.59. The minimum Gasteiger partial charge on any atom is -0.477 e. The summed E-state index contributed by atoms with van der Waals surface area (Å²) in [4.78, 5) is 40.8. The third-order valence-corrected chi connectivity index (χ3v) is 8.72. The molecule has 0 aliphatic carbocycles. The number of amides is 2. The zero-order valence-corrected chi connectivity index (χ0v) is 22.3. The summed E-state index contributed by atoms with van der Waals surface area (Å²) in [5, 5.41) is 19.7. The number of aliphatic hydroxyl groups excluding tert-OH is 1. The molecular weight excluding hydrogens is 510 g/mol. The van der Waals surface area contributed by atoms with E-state index in [0.29, 0.717) is 16.9 Å². The van der Waals surface area contributed by atoms with Crippen molar-refractivity contribution >= 4 is 39.8 Å². The lowest BCUT2D eigenvalue weighted by atomic mass is 9.79. The zero-order valence-electron chi connectivity index (χ0n) is 20.7. The first-order valence-electron chi connectivity index (χ1n) is 11.6. The number of aliphatic carboxylic acids is 1. The van der Waals surface area contributed by atoms with Crippen LogP contribution in [0, 0.1) is 11.8 Å². The van der Waals surface area contributed by atoms with Crippen molar-refractivity contribution in [3.63, 3.8) is 0 Å². The second-order valence-corrected chi connectivity index (χ2v) is 12.6. The summed E-state index contributed by atoms with van der Waals surface area (Å²) in [6.07, 6.45) is 3.36. The lowest BCUT2D eigenvalue weighted by Crippen LogP contribution is -2.63. The van der Waals surface area contributed by atoms with Gasteiger partial charge in [0.2, 0.25) is 15.9 Å². The van der Waals surface area contributed by atoms with E-state index in [9.17, 15) is 33.0 Å². The van der Waals surface area contributed by atoms with Gasteiger partial charge in [0, 0.05) is 29.2 Å². The first-order chi connectivity index (χ1) is 16.8. The van der Waals surface area contributed by atoms with Gasteiger partial charge in [0.25, 0.3) is 0 Å². The lowest BCUT2D eigenvalue weighted by molar-refractivity contribution is -0.163. The summed E-state index contributed by atoms with van der Waals surface area (Å²) >= 11 is 1.33. The van der Waals surface area contributed by atoms with E-state index in [2.05, 4.69) is 11.3 Å². The molecular formula is C23H33N3O8S2. The third kappa shape index (κ3) is 5.79. The summed E-state index contributed by atoms with van der Waals surface area (Å²) in [6, 6.07) is -0.809. The van der Waals surface area contributed by atoms with E-state index in [1.165, 1.54) is 34.6 Å². The van der Waals surface area contributed by atoms with E-state index in [0.717, 1.165) is 6.26 Å². The average Bonchev–Trinajstić information content (AvgIpc) is 3.27. The summed E-state index contributed by atoms with van der Waals surface area (Å²) in [5.41, 5.74) is 0.652. The van der Waals surface area contributed by atoms with Crippen LogP contribution < -0.4 is 4.72 Å². The second-order valence-electron chi connectivity index (χ2n) is 9.44. The number of carboxylic acids is 1. The van der Waals surface area contributed by atoms with Gasteiger partial charge in [0.1, 0.15) is 12.3 Å². The van der Waals surface area contributed by atoms with Crippen molar-refractivity contribution < 1.29 is 37.8 Å². The molecule has 13 heteroatoms. The van der Waals surface area contributed by atoms with Crippen molar-refractivity contribution in [2.24, 2.45) is 11.8 Å². The van der Waals surface area contributed by atoms with E-state index < -0.39 is 52.1 Å². The molecule has 3 heterocycles. The van der Waals surface area contributed by atoms with Crippen LogP contribution in [0.1, 0.15) is 27.2 Å². The topological polar surface area (TPSA) is 154 Å². The van der Waals surface area contributed by atoms with E-state index in [1.807, 2.05) is 6.92 Å². The van der Waals surface area contributed by atoms with Crippen LogP contribution in [0.4, 0.5) is 4.79 Å². The molecule has 11 nitrogen and oxygen atoms in total. The maximum Gasteiger partial charge on any atom is 0.410 e. The highest BCUT2D eigenvalue weighted by molar-refractivity contribution is 8.03. The first kappa shape index (κ1) is 28.2. The second kappa shape index (κ2) is 11.0. The number of carbonyl (C=O) groups excluding carboxylic acids is 2. The average molecular weight is 544 g/mol. The van der Waals surface area contributed by atoms with Crippen LogP contribution in [-0.2, 0) is 24.3 Å². The van der Waals surface area contributed by atoms with E-state index in [4.69, 9.17) is 4.74 Å². The maximum absolute atomic E-state index is 12.7. The number of likely N-dealkylation sites (tertiary alicyclic amines) is 1. The normalized spacial score (nSPS) is 29.2. The number of ether oxygens (including phenoxy) is 1. The highest BCUT2D eigenvalue weighted by Crippen LogP contribution is 2.52. The molecule has 2 fully saturated rings. The van der Waals surface area contributed by atoms with Gasteiger partial charge in [-0.15, -0.1) is 11.8 Å². The Morgan fingerprint density at radius 3 is 2.61 bits per heavy atom. The summed E-state index contributed by atoms with van der Waals surface area (Å²) in [6.45, 7) is 9.07. The number of hydrogen-bond donors (Lipinski definition) is 3. The van der Waals surface area contributed by atoms with Crippen molar-refractivity contribution in [3.8, 4) is 0 Å². The van der Waals surface area contributed by atoms with Gasteiger partial charge >= 0.3 is 12.1 Å². The van der Waals surface area contributed by atoms with Crippen LogP contribution in [0.2, 0.25) is 0 Å². The quantitative estimate of drug-likeness (QED) is 0.272. The van der Waals surface area contributed by atoms with Crippen LogP contribution in [-0.4, -0.2) is 95.8 Å². The molecule has 0 spiro atoms. The predicted molar refractivity (Wildman–Crippen MR) is 134 cm³/mol. The van der Waals surface area contributed by atoms with Gasteiger partial charge in [-0.05, 0) is 20.3 Å². The van der Waals surface area contributed by atoms with Crippen molar-refractivity contribution in [3.05, 3.63) is 34.9 Å². The Bertz CT molecular complexity index is 1100. The molecule has 0 saturated carbocycles. The van der Waals surface area contributed by atoms with Gasteiger partial charge in [-0.3, -0.25) is 4.79 Å². The number of carbonyl (C=O) groups is 3. The molecule has 3 rings (SSSR count). The Balaban J connectivity index is 1.83. The number of sulfonamides is 1. The molecule has 6 atom stereocenters. The molecule has 0 unspecified atom stereocenters. The van der Waals surface area contributed by atoms with E-state index >= 15 is 0 Å². The number of nitrogens with one attached hydrogen (secondary N) is 1. The number of carboxylic acid groups (broad SMARTS) is 1. The number of nitrogens with zero attached hydrogens (tertiary/aromatic N) is 2. The van der Waals surface area contributed by atoms with Gasteiger partial charge in [-0.1, -0.05) is 31.2 Å². The molecule has 0 radical (unpaired) electrons. The van der Waals surface area contributed by atoms with Crippen LogP contribution in [0.5, 0.6) is 0 Å². The molecule has 0 aromatic carbocycles. The molecule has 3 aliphatic rings. The fourth-order valence-corrected chi connectivity index (χ4v) is 7.01. The molecule has 0 aromatic rings. The Hall–Kier alpha value is -2.35. The van der Waals surface area contributed by atoms with Gasteiger partial charge in [0.15, 0.2) is 0 Å². The summed E-state index contributed by atoms with van der Waals surface area (Å²) in [7, 11) is -3.38. The molecule has 2 saturated heterocycles. The monoisotopic (exact) mass is 543 g/mol. The first-order valence-corrected chi connectivity index (χ1v) is 14.3. The van der Waals surface area contributed by atoms with Crippen molar-refractivity contribution in [2.75, 3.05) is 26.0 Å². The highest BCUT2D eigenvalue weighted by atomic mass is 32.2. The molecule has 3 aliphatic heterocycles. The van der Waals surface area contributed by atoms with E-state index in [-0.39, 0.29) is 36.6 Å². The predicted octanol–water partition coefficient (Wildman–Crippen LogP) is 1.13. The number of aliphatic hydroxyl groups is 1. The molecule has 0 bridgehead atoms. The fraction of sp³-hybridized carbons (Fsp3) is 0.609. The van der Waals surface area contributed by atoms with Crippen LogP contribution in [0.3, 0.4) is 0 Å². The molecule has 2 amide bonds. The maximum atomic E-state index is 12.7. The Labute approximate surface area is 215 Å².